The SMILES string of the molecule is CCCCN1CCc2cc(N3CCN(c4ccccc4C)CC3)c(NC(=O)c3coc(C4CC4)n3)cc2C1=O. The summed E-state index contributed by atoms with van der Waals surface area (Å²) in [7, 11) is 0. The van der Waals surface area contributed by atoms with Crippen LogP contribution in [0.3, 0.4) is 0 Å². The fraction of sp³-hybridized carbons (Fsp3) is 0.452. The predicted molar refractivity (Wildman–Crippen MR) is 153 cm³/mol. The Bertz CT molecular complexity index is 1370. The van der Waals surface area contributed by atoms with Crippen molar-refractivity contribution in [2.45, 2.75) is 51.9 Å². The zero-order chi connectivity index (χ0) is 26.9. The van der Waals surface area contributed by atoms with Crippen molar-refractivity contribution in [1.82, 2.24) is 9.88 Å². The maximum Gasteiger partial charge on any atom is 0.277 e. The van der Waals surface area contributed by atoms with Gasteiger partial charge in [-0.05, 0) is 61.9 Å². The maximum absolute atomic E-state index is 13.4. The summed E-state index contributed by atoms with van der Waals surface area (Å²) >= 11 is 0. The van der Waals surface area contributed by atoms with Crippen LogP contribution in [0, 0.1) is 6.92 Å². The molecule has 0 atom stereocenters. The topological polar surface area (TPSA) is 81.9 Å². The Balaban J connectivity index is 1.27. The van der Waals surface area contributed by atoms with Crippen LogP contribution >= 0.6 is 0 Å². The summed E-state index contributed by atoms with van der Waals surface area (Å²) in [6, 6.07) is 12.5. The third-order valence-electron chi connectivity index (χ3n) is 8.18. The minimum absolute atomic E-state index is 0.0496. The molecule has 8 heteroatoms. The van der Waals surface area contributed by atoms with Crippen LogP contribution < -0.4 is 15.1 Å². The highest BCUT2D eigenvalue weighted by Crippen LogP contribution is 2.39. The number of fused-ring (bicyclic) bond motifs is 1. The summed E-state index contributed by atoms with van der Waals surface area (Å²) in [6.45, 7) is 9.20. The zero-order valence-corrected chi connectivity index (χ0v) is 22.9. The molecule has 0 bridgehead atoms. The first kappa shape index (κ1) is 25.5. The number of carbonyl (C=O) groups excluding carboxylic acids is 2. The van der Waals surface area contributed by atoms with E-state index in [9.17, 15) is 9.59 Å². The number of para-hydroxylation sites is 1. The molecule has 1 aromatic heterocycles. The number of aromatic nitrogens is 1. The van der Waals surface area contributed by atoms with Crippen LogP contribution in [0.2, 0.25) is 0 Å². The van der Waals surface area contributed by atoms with E-state index in [1.807, 2.05) is 11.0 Å². The van der Waals surface area contributed by atoms with Crippen molar-refractivity contribution in [2.75, 3.05) is 54.4 Å². The molecule has 0 spiro atoms. The molecule has 0 unspecified atom stereocenters. The maximum atomic E-state index is 13.4. The van der Waals surface area contributed by atoms with Crippen LogP contribution in [0.25, 0.3) is 0 Å². The summed E-state index contributed by atoms with van der Waals surface area (Å²) < 4.78 is 5.57. The normalized spacial score (nSPS) is 17.4. The van der Waals surface area contributed by atoms with Gasteiger partial charge >= 0.3 is 0 Å². The highest BCUT2D eigenvalue weighted by molar-refractivity contribution is 6.06. The van der Waals surface area contributed by atoms with Crippen molar-refractivity contribution >= 4 is 28.9 Å². The molecule has 39 heavy (non-hydrogen) atoms. The highest BCUT2D eigenvalue weighted by Gasteiger charge is 2.31. The number of rotatable bonds is 8. The van der Waals surface area contributed by atoms with Crippen molar-refractivity contribution in [2.24, 2.45) is 0 Å². The van der Waals surface area contributed by atoms with Gasteiger partial charge < -0.3 is 24.4 Å². The van der Waals surface area contributed by atoms with Gasteiger partial charge in [-0.2, -0.15) is 0 Å². The van der Waals surface area contributed by atoms with Crippen LogP contribution in [0.5, 0.6) is 0 Å². The van der Waals surface area contributed by atoms with E-state index in [1.165, 1.54) is 17.5 Å². The van der Waals surface area contributed by atoms with Crippen molar-refractivity contribution in [3.63, 3.8) is 0 Å². The number of hydrogen-bond donors (Lipinski definition) is 1. The molecule has 1 N–H and O–H groups in total. The van der Waals surface area contributed by atoms with E-state index in [-0.39, 0.29) is 17.5 Å². The summed E-state index contributed by atoms with van der Waals surface area (Å²) in [5.41, 5.74) is 6.19. The molecule has 3 aromatic rings. The van der Waals surface area contributed by atoms with Gasteiger partial charge in [-0.1, -0.05) is 31.5 Å². The third-order valence-corrected chi connectivity index (χ3v) is 8.18. The second-order valence-corrected chi connectivity index (χ2v) is 11.0. The first-order valence-corrected chi connectivity index (χ1v) is 14.3. The van der Waals surface area contributed by atoms with E-state index in [0.717, 1.165) is 82.6 Å². The quantitative estimate of drug-likeness (QED) is 0.432. The Morgan fingerprint density at radius 1 is 1.05 bits per heavy atom. The van der Waals surface area contributed by atoms with Crippen LogP contribution in [-0.4, -0.2) is 61.0 Å². The summed E-state index contributed by atoms with van der Waals surface area (Å²) in [4.78, 5) is 37.8. The van der Waals surface area contributed by atoms with Gasteiger partial charge in [0.25, 0.3) is 11.8 Å². The van der Waals surface area contributed by atoms with Gasteiger partial charge in [0.05, 0.1) is 11.4 Å². The summed E-state index contributed by atoms with van der Waals surface area (Å²) in [5.74, 6) is 0.715. The fourth-order valence-electron chi connectivity index (χ4n) is 5.69. The van der Waals surface area contributed by atoms with Gasteiger partial charge in [0, 0.05) is 56.4 Å². The van der Waals surface area contributed by atoms with Gasteiger partial charge in [-0.15, -0.1) is 0 Å². The molecule has 8 nitrogen and oxygen atoms in total. The Labute approximate surface area is 230 Å². The van der Waals surface area contributed by atoms with Gasteiger partial charge in [0.15, 0.2) is 11.6 Å². The molecule has 2 amide bonds. The van der Waals surface area contributed by atoms with E-state index < -0.39 is 0 Å². The zero-order valence-electron chi connectivity index (χ0n) is 22.9. The minimum atomic E-state index is -0.309. The monoisotopic (exact) mass is 527 g/mol. The number of oxazole rings is 1. The predicted octanol–water partition coefficient (Wildman–Crippen LogP) is 5.24. The van der Waals surface area contributed by atoms with E-state index >= 15 is 0 Å². The highest BCUT2D eigenvalue weighted by atomic mass is 16.3. The average molecular weight is 528 g/mol. The first-order valence-electron chi connectivity index (χ1n) is 14.3. The Morgan fingerprint density at radius 3 is 2.51 bits per heavy atom. The first-order chi connectivity index (χ1) is 19.0. The number of unbranched alkanes of at least 4 members (excludes halogenated alkanes) is 1. The van der Waals surface area contributed by atoms with Crippen molar-refractivity contribution in [3.05, 3.63) is 70.9 Å². The lowest BCUT2D eigenvalue weighted by molar-refractivity contribution is 0.0737. The van der Waals surface area contributed by atoms with Gasteiger partial charge in [0.2, 0.25) is 0 Å². The van der Waals surface area contributed by atoms with Gasteiger partial charge in [-0.3, -0.25) is 9.59 Å². The lowest BCUT2D eigenvalue weighted by Gasteiger charge is -2.39. The largest absolute Gasteiger partial charge is 0.448 e. The van der Waals surface area contributed by atoms with Crippen molar-refractivity contribution in [3.8, 4) is 0 Å². The number of piperazine rings is 1. The Kier molecular flexibility index (Phi) is 7.02. The number of carbonyl (C=O) groups is 2. The number of nitrogens with one attached hydrogen (secondary N) is 1. The standard InChI is InChI=1S/C31H37N5O3/c1-3-4-12-36-13-11-23-18-28(35-16-14-34(15-17-35)27-8-6-5-7-21(27)2)25(19-24(23)31(36)38)32-29(37)26-20-39-30(33-26)22-9-10-22/h5-8,18-20,22H,3-4,9-17H2,1-2H3,(H,32,37). The number of amides is 2. The van der Waals surface area contributed by atoms with Gasteiger partial charge in [0.1, 0.15) is 6.26 Å². The molecule has 6 rings (SSSR count). The lowest BCUT2D eigenvalue weighted by Crippen LogP contribution is -2.47. The molecule has 204 valence electrons. The molecule has 1 saturated carbocycles. The molecule has 0 radical (unpaired) electrons. The molecule has 1 saturated heterocycles. The summed E-state index contributed by atoms with van der Waals surface area (Å²) in [5, 5.41) is 3.09. The summed E-state index contributed by atoms with van der Waals surface area (Å²) in [6.07, 6.45) is 6.42. The van der Waals surface area contributed by atoms with Crippen LogP contribution in [0.15, 0.2) is 47.1 Å². The Morgan fingerprint density at radius 2 is 1.79 bits per heavy atom. The van der Waals surface area contributed by atoms with E-state index in [4.69, 9.17) is 4.42 Å². The number of anilines is 3. The van der Waals surface area contributed by atoms with Crippen molar-refractivity contribution < 1.29 is 14.0 Å². The third kappa shape index (κ3) is 5.24. The van der Waals surface area contributed by atoms with E-state index in [2.05, 4.69) is 64.3 Å². The lowest BCUT2D eigenvalue weighted by atomic mass is 9.96. The van der Waals surface area contributed by atoms with E-state index in [1.54, 1.807) is 0 Å². The molecular weight excluding hydrogens is 490 g/mol. The van der Waals surface area contributed by atoms with Crippen LogP contribution in [0.1, 0.15) is 76.4 Å². The molecule has 2 aromatic carbocycles. The average Bonchev–Trinajstić information content (AvgIpc) is 3.69. The molecule has 3 heterocycles. The van der Waals surface area contributed by atoms with Crippen LogP contribution in [-0.2, 0) is 6.42 Å². The molecule has 3 aliphatic rings. The van der Waals surface area contributed by atoms with E-state index in [0.29, 0.717) is 23.1 Å². The molecular formula is C31H37N5O3. The molecule has 2 aliphatic heterocycles. The smallest absolute Gasteiger partial charge is 0.277 e. The second kappa shape index (κ2) is 10.8. The number of aryl methyl sites for hydroxylation is 1. The number of nitrogens with zero attached hydrogens (tertiary/aromatic N) is 4. The molecule has 1 aliphatic carbocycles. The van der Waals surface area contributed by atoms with Crippen LogP contribution in [0.4, 0.5) is 17.1 Å². The minimum Gasteiger partial charge on any atom is -0.448 e. The van der Waals surface area contributed by atoms with Gasteiger partial charge in [-0.25, -0.2) is 4.98 Å². The second-order valence-electron chi connectivity index (χ2n) is 11.0. The van der Waals surface area contributed by atoms with Crippen molar-refractivity contribution in [1.29, 1.82) is 0 Å². The number of benzene rings is 2. The fourth-order valence-corrected chi connectivity index (χ4v) is 5.69. The Hall–Kier alpha value is -3.81. The molecule has 2 fully saturated rings. The number of hydrogen-bond acceptors (Lipinski definition) is 6.